The van der Waals surface area contributed by atoms with Crippen molar-refractivity contribution in [3.63, 3.8) is 0 Å². The van der Waals surface area contributed by atoms with Crippen molar-refractivity contribution in [1.82, 2.24) is 19.7 Å². The van der Waals surface area contributed by atoms with Crippen LogP contribution in [0.1, 0.15) is 33.4 Å². The Hall–Kier alpha value is -1.93. The molecule has 0 saturated carbocycles. The fraction of sp³-hybridized carbons (Fsp3) is 0.500. The lowest BCUT2D eigenvalue weighted by atomic mass is 9.79. The number of hydrogen-bond donors (Lipinski definition) is 1. The summed E-state index contributed by atoms with van der Waals surface area (Å²) in [5, 5.41) is 4.46. The van der Waals surface area contributed by atoms with Crippen LogP contribution >= 0.6 is 0 Å². The van der Waals surface area contributed by atoms with Crippen molar-refractivity contribution in [2.24, 2.45) is 0 Å². The Morgan fingerprint density at radius 1 is 1.14 bits per heavy atom. The Labute approximate surface area is 130 Å². The molecule has 0 atom stereocenters. The van der Waals surface area contributed by atoms with Gasteiger partial charge < -0.3 is 15.0 Å². The number of nitrogen functional groups attached to an aromatic ring is 1. The number of rotatable bonds is 2. The number of hydrogen-bond acceptors (Lipinski definition) is 6. The van der Waals surface area contributed by atoms with E-state index in [-0.39, 0.29) is 11.2 Å². The first-order valence-corrected chi connectivity index (χ1v) is 7.19. The zero-order valence-electron chi connectivity index (χ0n) is 13.5. The smallest absolute Gasteiger partial charge is 0.399 e. The summed E-state index contributed by atoms with van der Waals surface area (Å²) in [4.78, 5) is 8.25. The highest BCUT2D eigenvalue weighted by molar-refractivity contribution is 6.62. The lowest BCUT2D eigenvalue weighted by Gasteiger charge is -2.32. The van der Waals surface area contributed by atoms with E-state index in [9.17, 15) is 0 Å². The van der Waals surface area contributed by atoms with Crippen LogP contribution in [-0.2, 0) is 9.31 Å². The molecule has 1 fully saturated rings. The maximum absolute atomic E-state index is 6.07. The third kappa shape index (κ3) is 2.38. The number of aromatic nitrogens is 4. The molecule has 0 amide bonds. The molecule has 7 nitrogen and oxygen atoms in total. The summed E-state index contributed by atoms with van der Waals surface area (Å²) in [7, 11) is -0.451. The molecule has 1 aliphatic heterocycles. The first-order valence-electron chi connectivity index (χ1n) is 7.19. The SMILES string of the molecule is Cc1nn(-c2cncc(N)n2)cc1B1OC(C)(C)C(C)(C)O1. The largest absolute Gasteiger partial charge is 0.498 e. The molecular weight excluding hydrogens is 281 g/mol. The molecule has 116 valence electrons. The van der Waals surface area contributed by atoms with E-state index in [0.29, 0.717) is 11.6 Å². The van der Waals surface area contributed by atoms with Crippen molar-refractivity contribution in [2.75, 3.05) is 5.73 Å². The van der Waals surface area contributed by atoms with Crippen molar-refractivity contribution in [3.05, 3.63) is 24.3 Å². The Kier molecular flexibility index (Phi) is 3.26. The minimum Gasteiger partial charge on any atom is -0.399 e. The molecule has 0 aromatic carbocycles. The van der Waals surface area contributed by atoms with Gasteiger partial charge in [0.2, 0.25) is 0 Å². The molecule has 22 heavy (non-hydrogen) atoms. The normalized spacial score (nSPS) is 19.6. The first-order chi connectivity index (χ1) is 10.2. The van der Waals surface area contributed by atoms with Crippen LogP contribution in [0, 0.1) is 6.92 Å². The van der Waals surface area contributed by atoms with E-state index in [4.69, 9.17) is 15.0 Å². The Morgan fingerprint density at radius 3 is 2.36 bits per heavy atom. The highest BCUT2D eigenvalue weighted by atomic mass is 16.7. The average Bonchev–Trinajstić information content (AvgIpc) is 2.88. The van der Waals surface area contributed by atoms with E-state index < -0.39 is 7.12 Å². The topological polar surface area (TPSA) is 88.1 Å². The molecule has 3 rings (SSSR count). The summed E-state index contributed by atoms with van der Waals surface area (Å²) in [6.07, 6.45) is 4.95. The fourth-order valence-corrected chi connectivity index (χ4v) is 2.27. The van der Waals surface area contributed by atoms with Gasteiger partial charge in [0.15, 0.2) is 5.82 Å². The summed E-state index contributed by atoms with van der Waals surface area (Å²) in [5.41, 5.74) is 6.60. The van der Waals surface area contributed by atoms with E-state index in [1.165, 1.54) is 6.20 Å². The molecule has 0 spiro atoms. The lowest BCUT2D eigenvalue weighted by molar-refractivity contribution is 0.00578. The second-order valence-corrected chi connectivity index (χ2v) is 6.50. The number of aryl methyl sites for hydroxylation is 1. The molecule has 0 unspecified atom stereocenters. The van der Waals surface area contributed by atoms with E-state index in [2.05, 4.69) is 15.1 Å². The molecular formula is C14H20BN5O2. The molecule has 1 saturated heterocycles. The van der Waals surface area contributed by atoms with E-state index in [0.717, 1.165) is 11.2 Å². The highest BCUT2D eigenvalue weighted by Gasteiger charge is 2.52. The molecule has 8 heteroatoms. The molecule has 2 aromatic rings. The van der Waals surface area contributed by atoms with Crippen molar-refractivity contribution in [2.45, 2.75) is 45.8 Å². The molecule has 2 N–H and O–H groups in total. The zero-order chi connectivity index (χ0) is 16.1. The number of anilines is 1. The van der Waals surface area contributed by atoms with Crippen molar-refractivity contribution in [1.29, 1.82) is 0 Å². The van der Waals surface area contributed by atoms with Gasteiger partial charge in [-0.3, -0.25) is 4.98 Å². The number of nitrogens with two attached hydrogens (primary N) is 1. The maximum atomic E-state index is 6.07. The Morgan fingerprint density at radius 2 is 1.77 bits per heavy atom. The van der Waals surface area contributed by atoms with Crippen LogP contribution in [0.4, 0.5) is 5.82 Å². The van der Waals surface area contributed by atoms with Crippen LogP contribution in [0.3, 0.4) is 0 Å². The molecule has 3 heterocycles. The van der Waals surface area contributed by atoms with Gasteiger partial charge in [0.05, 0.1) is 29.3 Å². The summed E-state index contributed by atoms with van der Waals surface area (Å²) >= 11 is 0. The summed E-state index contributed by atoms with van der Waals surface area (Å²) < 4.78 is 13.8. The van der Waals surface area contributed by atoms with Crippen LogP contribution in [-0.4, -0.2) is 38.1 Å². The van der Waals surface area contributed by atoms with Gasteiger partial charge in [-0.2, -0.15) is 5.10 Å². The molecule has 2 aromatic heterocycles. The summed E-state index contributed by atoms with van der Waals surface area (Å²) in [5.74, 6) is 0.911. The van der Waals surface area contributed by atoms with Gasteiger partial charge in [-0.05, 0) is 34.6 Å². The van der Waals surface area contributed by atoms with Crippen LogP contribution in [0.25, 0.3) is 5.82 Å². The third-order valence-corrected chi connectivity index (χ3v) is 4.32. The van der Waals surface area contributed by atoms with Gasteiger partial charge in [0, 0.05) is 11.7 Å². The Bertz CT molecular complexity index is 697. The molecule has 0 aliphatic carbocycles. The van der Waals surface area contributed by atoms with Crippen molar-refractivity contribution in [3.8, 4) is 5.82 Å². The maximum Gasteiger partial charge on any atom is 0.498 e. The van der Waals surface area contributed by atoms with E-state index in [1.807, 2.05) is 40.8 Å². The molecule has 0 radical (unpaired) electrons. The van der Waals surface area contributed by atoms with Crippen molar-refractivity contribution >= 4 is 18.4 Å². The van der Waals surface area contributed by atoms with Gasteiger partial charge in [-0.25, -0.2) is 9.67 Å². The highest BCUT2D eigenvalue weighted by Crippen LogP contribution is 2.36. The van der Waals surface area contributed by atoms with Gasteiger partial charge in [0.1, 0.15) is 5.82 Å². The quantitative estimate of drug-likeness (QED) is 0.827. The second-order valence-electron chi connectivity index (χ2n) is 6.50. The van der Waals surface area contributed by atoms with Crippen LogP contribution in [0.2, 0.25) is 0 Å². The first kappa shape index (κ1) is 15.0. The van der Waals surface area contributed by atoms with Gasteiger partial charge in [-0.15, -0.1) is 0 Å². The minimum atomic E-state index is -0.451. The Balaban J connectivity index is 1.94. The van der Waals surface area contributed by atoms with Gasteiger partial charge in [0.25, 0.3) is 0 Å². The molecule has 0 bridgehead atoms. The molecule has 1 aliphatic rings. The van der Waals surface area contributed by atoms with Crippen LogP contribution < -0.4 is 11.2 Å². The standard InChI is InChI=1S/C14H20BN5O2/c1-9-10(15-21-13(2,3)14(4,5)22-15)8-20(19-9)12-7-17-6-11(16)18-12/h6-8H,1-5H3,(H2,16,18). The van der Waals surface area contributed by atoms with Crippen LogP contribution in [0.5, 0.6) is 0 Å². The van der Waals surface area contributed by atoms with E-state index in [1.54, 1.807) is 10.9 Å². The van der Waals surface area contributed by atoms with E-state index >= 15 is 0 Å². The monoisotopic (exact) mass is 301 g/mol. The fourth-order valence-electron chi connectivity index (χ4n) is 2.27. The lowest BCUT2D eigenvalue weighted by Crippen LogP contribution is -2.41. The average molecular weight is 301 g/mol. The van der Waals surface area contributed by atoms with Gasteiger partial charge >= 0.3 is 7.12 Å². The predicted molar refractivity (Wildman–Crippen MR) is 84.0 cm³/mol. The second kappa shape index (κ2) is 4.79. The number of nitrogens with zero attached hydrogens (tertiary/aromatic N) is 4. The summed E-state index contributed by atoms with van der Waals surface area (Å²) in [6, 6.07) is 0. The summed E-state index contributed by atoms with van der Waals surface area (Å²) in [6.45, 7) is 10.0. The van der Waals surface area contributed by atoms with Crippen molar-refractivity contribution < 1.29 is 9.31 Å². The van der Waals surface area contributed by atoms with Gasteiger partial charge in [-0.1, -0.05) is 0 Å². The third-order valence-electron chi connectivity index (χ3n) is 4.32. The van der Waals surface area contributed by atoms with Crippen LogP contribution in [0.15, 0.2) is 18.6 Å². The zero-order valence-corrected chi connectivity index (χ0v) is 13.5. The predicted octanol–water partition coefficient (Wildman–Crippen LogP) is 0.852. The minimum absolute atomic E-state index is 0.350.